The van der Waals surface area contributed by atoms with Crippen molar-refractivity contribution in [3.63, 3.8) is 0 Å². The van der Waals surface area contributed by atoms with Crippen LogP contribution in [0.5, 0.6) is 0 Å². The first kappa shape index (κ1) is 42.5. The lowest BCUT2D eigenvalue weighted by atomic mass is 9.86. The first-order valence-electron chi connectivity index (χ1n) is 20.5. The molecule has 7 rings (SSSR count). The van der Waals surface area contributed by atoms with E-state index in [1.807, 2.05) is 152 Å². The van der Waals surface area contributed by atoms with Crippen LogP contribution in [-0.4, -0.2) is 67.7 Å². The molecule has 6 atom stereocenters. The first-order chi connectivity index (χ1) is 29.5. The molecule has 10 nitrogen and oxygen atoms in total. The van der Waals surface area contributed by atoms with E-state index in [9.17, 15) is 9.59 Å². The van der Waals surface area contributed by atoms with Crippen LogP contribution in [0.25, 0.3) is 0 Å². The Hall–Kier alpha value is -5.62. The topological polar surface area (TPSA) is 102 Å². The highest BCUT2D eigenvalue weighted by molar-refractivity contribution is 5.92. The number of hydrogen-bond acceptors (Lipinski definition) is 9. The Kier molecular flexibility index (Phi) is 15.7. The SMILES string of the molecule is COC(=O)C1=CC[C@@H](C[C@@H]2O[C@H](COCc3ccccc3)[C@H](OCc3ccccc3)[C@H](OCc3ccccc3)[C@H]2OCc2ccccc2)CN1C(=O)OCc1ccccc1. The van der Waals surface area contributed by atoms with Gasteiger partial charge in [-0.15, -0.1) is 0 Å². The average Bonchev–Trinajstić information content (AvgIpc) is 3.30. The first-order valence-corrected chi connectivity index (χ1v) is 20.5. The summed E-state index contributed by atoms with van der Waals surface area (Å²) in [5, 5.41) is 0. The Morgan fingerprint density at radius 2 is 1.00 bits per heavy atom. The van der Waals surface area contributed by atoms with Crippen LogP contribution in [0, 0.1) is 5.92 Å². The van der Waals surface area contributed by atoms with Crippen molar-refractivity contribution < 1.29 is 42.7 Å². The summed E-state index contributed by atoms with van der Waals surface area (Å²) in [6.07, 6.45) is -0.732. The minimum Gasteiger partial charge on any atom is -0.464 e. The lowest BCUT2D eigenvalue weighted by Crippen LogP contribution is -2.61. The molecule has 0 unspecified atom stereocenters. The van der Waals surface area contributed by atoms with Crippen LogP contribution in [-0.2, 0) is 71.0 Å². The zero-order valence-corrected chi connectivity index (χ0v) is 34.0. The average molecular weight is 812 g/mol. The van der Waals surface area contributed by atoms with Crippen molar-refractivity contribution in [3.8, 4) is 0 Å². The monoisotopic (exact) mass is 811 g/mol. The number of rotatable bonds is 18. The second-order valence-corrected chi connectivity index (χ2v) is 15.1. The van der Waals surface area contributed by atoms with Gasteiger partial charge in [0, 0.05) is 6.54 Å². The van der Waals surface area contributed by atoms with Gasteiger partial charge in [-0.3, -0.25) is 4.90 Å². The molecule has 10 heteroatoms. The molecular formula is C50H53NO9. The van der Waals surface area contributed by atoms with Crippen molar-refractivity contribution in [2.75, 3.05) is 20.3 Å². The molecule has 1 fully saturated rings. The number of allylic oxidation sites excluding steroid dienone is 1. The van der Waals surface area contributed by atoms with E-state index >= 15 is 0 Å². The number of ether oxygens (including phenoxy) is 7. The maximum Gasteiger partial charge on any atom is 0.414 e. The van der Waals surface area contributed by atoms with E-state index in [4.69, 9.17) is 33.2 Å². The smallest absolute Gasteiger partial charge is 0.414 e. The molecular weight excluding hydrogens is 759 g/mol. The van der Waals surface area contributed by atoms with Crippen LogP contribution < -0.4 is 0 Å². The fourth-order valence-corrected chi connectivity index (χ4v) is 7.66. The van der Waals surface area contributed by atoms with E-state index in [2.05, 4.69) is 0 Å². The molecule has 5 aromatic rings. The molecule has 0 radical (unpaired) electrons. The third-order valence-electron chi connectivity index (χ3n) is 10.7. The predicted molar refractivity (Wildman–Crippen MR) is 226 cm³/mol. The van der Waals surface area contributed by atoms with E-state index in [0.29, 0.717) is 39.3 Å². The molecule has 2 heterocycles. The summed E-state index contributed by atoms with van der Waals surface area (Å²) < 4.78 is 45.0. The van der Waals surface area contributed by atoms with Gasteiger partial charge in [-0.1, -0.05) is 158 Å². The lowest BCUT2D eigenvalue weighted by Gasteiger charge is -2.47. The van der Waals surface area contributed by atoms with Crippen LogP contribution in [0.2, 0.25) is 0 Å². The van der Waals surface area contributed by atoms with Crippen LogP contribution >= 0.6 is 0 Å². The molecule has 60 heavy (non-hydrogen) atoms. The van der Waals surface area contributed by atoms with Crippen molar-refractivity contribution in [1.82, 2.24) is 4.90 Å². The second kappa shape index (κ2) is 22.1. The molecule has 0 aromatic heterocycles. The third kappa shape index (κ3) is 12.0. The fraction of sp³-hybridized carbons (Fsp3) is 0.320. The number of nitrogens with zero attached hydrogens (tertiary/aromatic N) is 1. The minimum absolute atomic E-state index is 0.0614. The molecule has 5 aromatic carbocycles. The fourth-order valence-electron chi connectivity index (χ4n) is 7.66. The highest BCUT2D eigenvalue weighted by Crippen LogP contribution is 2.36. The molecule has 0 bridgehead atoms. The molecule has 0 N–H and O–H groups in total. The minimum atomic E-state index is -0.632. The largest absolute Gasteiger partial charge is 0.464 e. The molecule has 0 aliphatic carbocycles. The number of carbonyl (C=O) groups excluding carboxylic acids is 2. The molecule has 0 saturated carbocycles. The van der Waals surface area contributed by atoms with Gasteiger partial charge in [0.05, 0.1) is 46.2 Å². The molecule has 2 aliphatic rings. The second-order valence-electron chi connectivity index (χ2n) is 15.1. The number of hydrogen-bond donors (Lipinski definition) is 0. The Labute approximate surface area is 352 Å². The van der Waals surface area contributed by atoms with Crippen molar-refractivity contribution in [1.29, 1.82) is 0 Å². The molecule has 1 saturated heterocycles. The van der Waals surface area contributed by atoms with Gasteiger partial charge in [0.2, 0.25) is 0 Å². The van der Waals surface area contributed by atoms with Gasteiger partial charge in [-0.25, -0.2) is 9.59 Å². The van der Waals surface area contributed by atoms with Gasteiger partial charge in [0.25, 0.3) is 0 Å². The zero-order valence-electron chi connectivity index (χ0n) is 34.0. The van der Waals surface area contributed by atoms with Crippen LogP contribution in [0.1, 0.15) is 40.7 Å². The highest BCUT2D eigenvalue weighted by atomic mass is 16.6. The summed E-state index contributed by atoms with van der Waals surface area (Å²) in [5.74, 6) is -0.746. The predicted octanol–water partition coefficient (Wildman–Crippen LogP) is 8.83. The molecule has 312 valence electrons. The van der Waals surface area contributed by atoms with Crippen molar-refractivity contribution in [2.24, 2.45) is 5.92 Å². The summed E-state index contributed by atoms with van der Waals surface area (Å²) in [6.45, 7) is 1.86. The van der Waals surface area contributed by atoms with Crippen molar-refractivity contribution >= 4 is 12.1 Å². The van der Waals surface area contributed by atoms with Gasteiger partial charge in [0.15, 0.2) is 0 Å². The van der Waals surface area contributed by atoms with E-state index < -0.39 is 42.6 Å². The number of methoxy groups -OCH3 is 1. The van der Waals surface area contributed by atoms with Gasteiger partial charge in [0.1, 0.15) is 36.7 Å². The number of carbonyl (C=O) groups is 2. The number of benzene rings is 5. The Balaban J connectivity index is 1.19. The standard InChI is InChI=1S/C50H53NO9/c1-54-49(52)43-28-27-42(30-51(43)50(53)59-35-41-25-15-6-16-26-41)29-44-46(56-32-38-19-9-3-10-20-38)48(58-34-40-23-13-5-14-24-40)47(57-33-39-21-11-4-12-22-39)45(60-44)36-55-31-37-17-7-2-8-18-37/h2-26,28,42,44-48H,27,29-36H2,1H3/t42-,44-,45+,46-,47-,48+/m0/s1. The van der Waals surface area contributed by atoms with E-state index in [-0.39, 0.29) is 31.4 Å². The van der Waals surface area contributed by atoms with Gasteiger partial charge < -0.3 is 33.2 Å². The summed E-state index contributed by atoms with van der Waals surface area (Å²) in [5.41, 5.74) is 5.06. The summed E-state index contributed by atoms with van der Waals surface area (Å²) in [4.78, 5) is 28.1. The van der Waals surface area contributed by atoms with Crippen molar-refractivity contribution in [2.45, 2.75) is 76.4 Å². The molecule has 0 spiro atoms. The summed E-state index contributed by atoms with van der Waals surface area (Å²) >= 11 is 0. The van der Waals surface area contributed by atoms with Gasteiger partial charge in [-0.05, 0) is 46.6 Å². The van der Waals surface area contributed by atoms with E-state index in [0.717, 1.165) is 27.8 Å². The van der Waals surface area contributed by atoms with Gasteiger partial charge in [-0.2, -0.15) is 0 Å². The number of amides is 1. The maximum absolute atomic E-state index is 13.7. The zero-order chi connectivity index (χ0) is 41.4. The van der Waals surface area contributed by atoms with E-state index in [1.54, 1.807) is 6.08 Å². The Bertz CT molecular complexity index is 2070. The lowest BCUT2D eigenvalue weighted by molar-refractivity contribution is -0.275. The summed E-state index contributed by atoms with van der Waals surface area (Å²) in [7, 11) is 1.30. The number of esters is 1. The van der Waals surface area contributed by atoms with Crippen LogP contribution in [0.15, 0.2) is 163 Å². The van der Waals surface area contributed by atoms with Crippen LogP contribution in [0.3, 0.4) is 0 Å². The highest BCUT2D eigenvalue weighted by Gasteiger charge is 2.49. The van der Waals surface area contributed by atoms with Gasteiger partial charge >= 0.3 is 12.1 Å². The Morgan fingerprint density at radius 1 is 0.567 bits per heavy atom. The van der Waals surface area contributed by atoms with E-state index in [1.165, 1.54) is 12.0 Å². The molecule has 2 aliphatic heterocycles. The summed E-state index contributed by atoms with van der Waals surface area (Å²) in [6, 6.07) is 49.5. The van der Waals surface area contributed by atoms with Crippen molar-refractivity contribution in [3.05, 3.63) is 191 Å². The molecule has 1 amide bonds. The maximum atomic E-state index is 13.7. The third-order valence-corrected chi connectivity index (χ3v) is 10.7. The normalized spacial score (nSPS) is 21.5. The van der Waals surface area contributed by atoms with Crippen LogP contribution in [0.4, 0.5) is 4.79 Å². The Morgan fingerprint density at radius 3 is 1.48 bits per heavy atom. The quantitative estimate of drug-likeness (QED) is 0.0804.